The summed E-state index contributed by atoms with van der Waals surface area (Å²) in [4.78, 5) is 15.5. The molecule has 4 aromatic rings. The minimum absolute atomic E-state index is 0.0239. The van der Waals surface area contributed by atoms with Crippen LogP contribution in [0.3, 0.4) is 0 Å². The van der Waals surface area contributed by atoms with Gasteiger partial charge in [-0.3, -0.25) is 4.79 Å². The first-order valence-corrected chi connectivity index (χ1v) is 9.95. The molecule has 5 nitrogen and oxygen atoms in total. The molecule has 28 heavy (non-hydrogen) atoms. The molecule has 0 atom stereocenters. The van der Waals surface area contributed by atoms with Crippen molar-refractivity contribution in [3.8, 4) is 11.5 Å². The van der Waals surface area contributed by atoms with Crippen molar-refractivity contribution in [2.24, 2.45) is 0 Å². The van der Waals surface area contributed by atoms with E-state index >= 15 is 0 Å². The van der Waals surface area contributed by atoms with Crippen LogP contribution in [0.15, 0.2) is 51.7 Å². The molecule has 0 radical (unpaired) electrons. The molecule has 6 heteroatoms. The third-order valence-electron chi connectivity index (χ3n) is 5.27. The summed E-state index contributed by atoms with van der Waals surface area (Å²) in [5.41, 5.74) is 0.966. The van der Waals surface area contributed by atoms with Crippen LogP contribution in [-0.2, 0) is 6.54 Å². The van der Waals surface area contributed by atoms with Gasteiger partial charge in [-0.15, -0.1) is 0 Å². The van der Waals surface area contributed by atoms with Crippen LogP contribution in [-0.4, -0.2) is 36.9 Å². The van der Waals surface area contributed by atoms with Gasteiger partial charge in [-0.25, -0.2) is 0 Å². The van der Waals surface area contributed by atoms with Gasteiger partial charge in [-0.2, -0.15) is 0 Å². The number of benzene rings is 3. The van der Waals surface area contributed by atoms with Crippen LogP contribution in [0.2, 0.25) is 0 Å². The molecular formula is C22H19BrN2O3. The molecule has 0 unspecified atom stereocenters. The lowest BCUT2D eigenvalue weighted by Gasteiger charge is -2.18. The molecule has 1 aliphatic rings. The van der Waals surface area contributed by atoms with E-state index in [0.717, 1.165) is 55.0 Å². The smallest absolute Gasteiger partial charge is 0.259 e. The van der Waals surface area contributed by atoms with Gasteiger partial charge in [0.15, 0.2) is 11.5 Å². The highest BCUT2D eigenvalue weighted by Crippen LogP contribution is 2.39. The van der Waals surface area contributed by atoms with E-state index in [4.69, 9.17) is 9.47 Å². The lowest BCUT2D eigenvalue weighted by molar-refractivity contribution is 0.174. The van der Waals surface area contributed by atoms with Gasteiger partial charge in [0.2, 0.25) is 6.79 Å². The third kappa shape index (κ3) is 2.67. The zero-order chi connectivity index (χ0) is 19.4. The third-order valence-corrected chi connectivity index (χ3v) is 5.77. The fraction of sp³-hybridized carbons (Fsp3) is 0.227. The second-order valence-electron chi connectivity index (χ2n) is 7.34. The van der Waals surface area contributed by atoms with E-state index in [-0.39, 0.29) is 12.4 Å². The van der Waals surface area contributed by atoms with Crippen LogP contribution in [0.5, 0.6) is 11.5 Å². The Hall–Kier alpha value is -2.57. The molecule has 1 aromatic heterocycles. The first-order chi connectivity index (χ1) is 13.5. The summed E-state index contributed by atoms with van der Waals surface area (Å²) >= 11 is 3.50. The number of hydrogen-bond donors (Lipinski definition) is 0. The predicted molar refractivity (Wildman–Crippen MR) is 116 cm³/mol. The number of hydrogen-bond acceptors (Lipinski definition) is 4. The van der Waals surface area contributed by atoms with Gasteiger partial charge in [0.25, 0.3) is 5.56 Å². The Morgan fingerprint density at radius 1 is 0.964 bits per heavy atom. The fourth-order valence-electron chi connectivity index (χ4n) is 3.89. The predicted octanol–water partition coefficient (Wildman–Crippen LogP) is 4.36. The van der Waals surface area contributed by atoms with Gasteiger partial charge in [-0.05, 0) is 49.1 Å². The number of pyridine rings is 1. The van der Waals surface area contributed by atoms with Gasteiger partial charge in [0.1, 0.15) is 0 Å². The molecule has 1 aliphatic heterocycles. The highest BCUT2D eigenvalue weighted by Gasteiger charge is 2.19. The molecule has 0 spiro atoms. The Bertz CT molecular complexity index is 1310. The van der Waals surface area contributed by atoms with Crippen LogP contribution in [0, 0.1) is 0 Å². The van der Waals surface area contributed by atoms with Crippen molar-refractivity contribution in [2.75, 3.05) is 27.4 Å². The van der Waals surface area contributed by atoms with Gasteiger partial charge < -0.3 is 18.9 Å². The Morgan fingerprint density at radius 3 is 2.50 bits per heavy atom. The summed E-state index contributed by atoms with van der Waals surface area (Å²) < 4.78 is 13.9. The van der Waals surface area contributed by atoms with Crippen molar-refractivity contribution in [3.05, 3.63) is 57.3 Å². The van der Waals surface area contributed by atoms with Crippen molar-refractivity contribution >= 4 is 48.4 Å². The Balaban J connectivity index is 1.95. The molecular weight excluding hydrogens is 420 g/mol. The molecule has 2 heterocycles. The van der Waals surface area contributed by atoms with E-state index in [2.05, 4.69) is 33.0 Å². The summed E-state index contributed by atoms with van der Waals surface area (Å²) in [5, 5.41) is 4.78. The fourth-order valence-corrected chi connectivity index (χ4v) is 4.26. The number of likely N-dealkylation sites (N-methyl/N-ethyl adjacent to an activating group) is 1. The van der Waals surface area contributed by atoms with E-state index in [9.17, 15) is 4.79 Å². The molecule has 0 fully saturated rings. The Morgan fingerprint density at radius 2 is 1.71 bits per heavy atom. The lowest BCUT2D eigenvalue weighted by Crippen LogP contribution is -2.27. The molecule has 0 N–H and O–H groups in total. The van der Waals surface area contributed by atoms with Crippen LogP contribution >= 0.6 is 15.9 Å². The van der Waals surface area contributed by atoms with Gasteiger partial charge in [-0.1, -0.05) is 34.1 Å². The molecule has 0 bridgehead atoms. The van der Waals surface area contributed by atoms with Gasteiger partial charge in [0.05, 0.1) is 5.52 Å². The number of halogens is 1. The number of rotatable bonds is 3. The van der Waals surface area contributed by atoms with E-state index in [1.807, 2.05) is 49.0 Å². The number of aromatic nitrogens is 1. The van der Waals surface area contributed by atoms with Crippen molar-refractivity contribution in [3.63, 3.8) is 0 Å². The first-order valence-electron chi connectivity index (χ1n) is 9.16. The molecule has 0 saturated carbocycles. The zero-order valence-corrected chi connectivity index (χ0v) is 17.2. The van der Waals surface area contributed by atoms with E-state index in [0.29, 0.717) is 6.54 Å². The van der Waals surface area contributed by atoms with E-state index < -0.39 is 0 Å². The normalized spacial score (nSPS) is 13.3. The molecule has 0 amide bonds. The van der Waals surface area contributed by atoms with Crippen LogP contribution in [0.1, 0.15) is 0 Å². The molecule has 0 saturated heterocycles. The quantitative estimate of drug-likeness (QED) is 0.445. The Labute approximate surface area is 170 Å². The van der Waals surface area contributed by atoms with Crippen LogP contribution in [0.25, 0.3) is 32.4 Å². The van der Waals surface area contributed by atoms with Crippen molar-refractivity contribution in [1.29, 1.82) is 0 Å². The minimum atomic E-state index is 0.0239. The van der Waals surface area contributed by atoms with Gasteiger partial charge >= 0.3 is 0 Å². The Kier molecular flexibility index (Phi) is 4.07. The van der Waals surface area contributed by atoms with E-state index in [1.165, 1.54) is 0 Å². The van der Waals surface area contributed by atoms with Crippen molar-refractivity contribution in [1.82, 2.24) is 9.47 Å². The summed E-state index contributed by atoms with van der Waals surface area (Å²) in [6.45, 7) is 1.61. The van der Waals surface area contributed by atoms with Gasteiger partial charge in [0, 0.05) is 33.7 Å². The first kappa shape index (κ1) is 17.5. The largest absolute Gasteiger partial charge is 0.454 e. The standard InChI is InChI=1S/C22H19BrN2O3/c1-24(2)7-8-25-21-16(15-6-4-14(23)10-18(15)22(25)26)5-3-13-9-19-20(11-17(13)21)28-12-27-19/h3-6,9-11H,7-8,12H2,1-2H3. The van der Waals surface area contributed by atoms with Crippen molar-refractivity contribution in [2.45, 2.75) is 6.54 Å². The maximum absolute atomic E-state index is 13.5. The number of nitrogens with zero attached hydrogens (tertiary/aromatic N) is 2. The second kappa shape index (κ2) is 6.50. The summed E-state index contributed by atoms with van der Waals surface area (Å²) in [6, 6.07) is 14.1. The molecule has 142 valence electrons. The maximum atomic E-state index is 13.5. The molecule has 0 aliphatic carbocycles. The topological polar surface area (TPSA) is 43.7 Å². The van der Waals surface area contributed by atoms with E-state index in [1.54, 1.807) is 0 Å². The van der Waals surface area contributed by atoms with Crippen LogP contribution < -0.4 is 15.0 Å². The average molecular weight is 439 g/mol. The second-order valence-corrected chi connectivity index (χ2v) is 8.25. The number of ether oxygens (including phenoxy) is 2. The summed E-state index contributed by atoms with van der Waals surface area (Å²) in [5.74, 6) is 1.47. The summed E-state index contributed by atoms with van der Waals surface area (Å²) in [6.07, 6.45) is 0. The average Bonchev–Trinajstić information content (AvgIpc) is 3.13. The minimum Gasteiger partial charge on any atom is -0.454 e. The summed E-state index contributed by atoms with van der Waals surface area (Å²) in [7, 11) is 4.03. The highest BCUT2D eigenvalue weighted by atomic mass is 79.9. The maximum Gasteiger partial charge on any atom is 0.259 e. The zero-order valence-electron chi connectivity index (χ0n) is 15.7. The molecule has 5 rings (SSSR count). The highest BCUT2D eigenvalue weighted by molar-refractivity contribution is 9.10. The van der Waals surface area contributed by atoms with Crippen molar-refractivity contribution < 1.29 is 9.47 Å². The number of fused-ring (bicyclic) bond motifs is 6. The molecule has 3 aromatic carbocycles. The monoisotopic (exact) mass is 438 g/mol. The lowest BCUT2D eigenvalue weighted by atomic mass is 10.0. The van der Waals surface area contributed by atoms with Crippen LogP contribution in [0.4, 0.5) is 0 Å². The SMILES string of the molecule is CN(C)CCn1c(=O)c2cc(Br)ccc2c2ccc3cc4c(cc3c21)OCO4.